The highest BCUT2D eigenvalue weighted by Crippen LogP contribution is 2.03. The second-order valence-corrected chi connectivity index (χ2v) is 7.57. The van der Waals surface area contributed by atoms with Gasteiger partial charge in [0, 0.05) is 13.1 Å². The molecule has 1 aromatic rings. The van der Waals surface area contributed by atoms with Crippen LogP contribution in [0.1, 0.15) is 19.4 Å². The number of nitrogens with two attached hydrogens (primary N) is 1. The zero-order chi connectivity index (χ0) is 25.1. The van der Waals surface area contributed by atoms with Crippen molar-refractivity contribution in [3.8, 4) is 0 Å². The van der Waals surface area contributed by atoms with Crippen molar-refractivity contribution in [2.24, 2.45) is 5.73 Å². The van der Waals surface area contributed by atoms with Gasteiger partial charge in [-0.25, -0.2) is 14.6 Å². The van der Waals surface area contributed by atoms with Gasteiger partial charge < -0.3 is 30.7 Å². The molecule has 0 radical (unpaired) electrons. The lowest BCUT2D eigenvalue weighted by Crippen LogP contribution is -2.58. The number of ether oxygens (including phenoxy) is 2. The molecule has 1 aliphatic heterocycles. The lowest BCUT2D eigenvalue weighted by molar-refractivity contribution is -0.132. The lowest BCUT2D eigenvalue weighted by Gasteiger charge is -2.28. The Morgan fingerprint density at radius 3 is 2.26 bits per heavy atom. The third-order valence-electron chi connectivity index (χ3n) is 4.77. The summed E-state index contributed by atoms with van der Waals surface area (Å²) in [7, 11) is 0. The maximum atomic E-state index is 12.5. The summed E-state index contributed by atoms with van der Waals surface area (Å²) in [4.78, 5) is 62.3. The van der Waals surface area contributed by atoms with Gasteiger partial charge in [0.1, 0.15) is 25.2 Å². The number of hydrogen-bond donors (Lipinski definition) is 4. The number of carbonyl (C=O) groups excluding carboxylic acids is 5. The number of primary amides is 1. The molecule has 1 fully saturated rings. The lowest BCUT2D eigenvalue weighted by atomic mass is 10.2. The van der Waals surface area contributed by atoms with Crippen LogP contribution in [0.25, 0.3) is 0 Å². The standard InChI is InChI=1S/C21H30N6O7/c1-14(24-20(31)26-8-10-33-11-9-26)18(29)23-15(2)19(30)25-27(12-17(22)28)21(32)34-13-16-6-4-3-5-7-16/h3-7,14-15H,8-13H2,1-2H3,(H2,22,28)(H,23,29)(H,24,31)(H,25,30)/t14-,15-/m0/s1. The maximum Gasteiger partial charge on any atom is 0.429 e. The molecule has 0 spiro atoms. The molecule has 1 aliphatic rings. The van der Waals surface area contributed by atoms with Gasteiger partial charge >= 0.3 is 12.1 Å². The molecule has 6 amide bonds. The minimum Gasteiger partial charge on any atom is -0.443 e. The number of carbonyl (C=O) groups is 5. The first-order valence-corrected chi connectivity index (χ1v) is 10.7. The fourth-order valence-electron chi connectivity index (χ4n) is 2.85. The molecule has 2 atom stereocenters. The van der Waals surface area contributed by atoms with Crippen molar-refractivity contribution in [3.63, 3.8) is 0 Å². The molecule has 1 aromatic carbocycles. The molecule has 13 heteroatoms. The number of hydrazine groups is 1. The molecular formula is C21H30N6O7. The first-order valence-electron chi connectivity index (χ1n) is 10.7. The van der Waals surface area contributed by atoms with E-state index in [4.69, 9.17) is 15.2 Å². The second-order valence-electron chi connectivity index (χ2n) is 7.57. The van der Waals surface area contributed by atoms with Crippen LogP contribution in [0.3, 0.4) is 0 Å². The predicted molar refractivity (Wildman–Crippen MR) is 119 cm³/mol. The largest absolute Gasteiger partial charge is 0.443 e. The molecule has 1 saturated heterocycles. The van der Waals surface area contributed by atoms with Gasteiger partial charge in [-0.3, -0.25) is 19.8 Å². The van der Waals surface area contributed by atoms with Gasteiger partial charge in [-0.05, 0) is 19.4 Å². The zero-order valence-corrected chi connectivity index (χ0v) is 19.1. The average molecular weight is 479 g/mol. The monoisotopic (exact) mass is 478 g/mol. The highest BCUT2D eigenvalue weighted by Gasteiger charge is 2.26. The van der Waals surface area contributed by atoms with Crippen LogP contribution >= 0.6 is 0 Å². The second kappa shape index (κ2) is 13.0. The summed E-state index contributed by atoms with van der Waals surface area (Å²) in [6.07, 6.45) is -0.999. The third-order valence-corrected chi connectivity index (χ3v) is 4.77. The quantitative estimate of drug-likeness (QED) is 0.350. The third kappa shape index (κ3) is 8.58. The van der Waals surface area contributed by atoms with Crippen molar-refractivity contribution in [2.45, 2.75) is 32.5 Å². The zero-order valence-electron chi connectivity index (χ0n) is 19.1. The van der Waals surface area contributed by atoms with Gasteiger partial charge in [-0.2, -0.15) is 0 Å². The molecule has 186 valence electrons. The normalized spacial score (nSPS) is 14.8. The molecular weight excluding hydrogens is 448 g/mol. The van der Waals surface area contributed by atoms with Crippen LogP contribution in [0.4, 0.5) is 9.59 Å². The van der Waals surface area contributed by atoms with E-state index in [2.05, 4.69) is 16.1 Å². The van der Waals surface area contributed by atoms with Crippen molar-refractivity contribution in [1.82, 2.24) is 26.0 Å². The Kier molecular flexibility index (Phi) is 10.1. The Labute approximate surface area is 196 Å². The van der Waals surface area contributed by atoms with Gasteiger partial charge in [0.15, 0.2) is 0 Å². The number of urea groups is 1. The van der Waals surface area contributed by atoms with Crippen LogP contribution in [-0.2, 0) is 30.5 Å². The number of morpholine rings is 1. The minimum atomic E-state index is -1.10. The Morgan fingerprint density at radius 1 is 1.03 bits per heavy atom. The first kappa shape index (κ1) is 26.4. The number of nitrogens with one attached hydrogen (secondary N) is 3. The molecule has 0 saturated carbocycles. The van der Waals surface area contributed by atoms with Crippen molar-refractivity contribution in [1.29, 1.82) is 0 Å². The molecule has 0 bridgehead atoms. The Morgan fingerprint density at radius 2 is 1.65 bits per heavy atom. The summed E-state index contributed by atoms with van der Waals surface area (Å²) in [6.45, 7) is 3.79. The van der Waals surface area contributed by atoms with Crippen molar-refractivity contribution >= 4 is 29.8 Å². The van der Waals surface area contributed by atoms with E-state index in [9.17, 15) is 24.0 Å². The van der Waals surface area contributed by atoms with Crippen LogP contribution in [0, 0.1) is 0 Å². The summed E-state index contributed by atoms with van der Waals surface area (Å²) in [6, 6.07) is 6.35. The molecule has 13 nitrogen and oxygen atoms in total. The molecule has 1 heterocycles. The van der Waals surface area contributed by atoms with Crippen LogP contribution in [0.2, 0.25) is 0 Å². The number of benzene rings is 1. The Balaban J connectivity index is 1.86. The molecule has 0 aliphatic carbocycles. The van der Waals surface area contributed by atoms with Crippen LogP contribution in [0.15, 0.2) is 30.3 Å². The van der Waals surface area contributed by atoms with Crippen LogP contribution < -0.4 is 21.8 Å². The molecule has 0 unspecified atom stereocenters. The smallest absolute Gasteiger partial charge is 0.429 e. The van der Waals surface area contributed by atoms with Gasteiger partial charge in [0.05, 0.1) is 13.2 Å². The topological polar surface area (TPSA) is 172 Å². The first-order chi connectivity index (χ1) is 16.2. The summed E-state index contributed by atoms with van der Waals surface area (Å²) >= 11 is 0. The van der Waals surface area contributed by atoms with Crippen molar-refractivity contribution < 1.29 is 33.4 Å². The summed E-state index contributed by atoms with van der Waals surface area (Å²) in [5.41, 5.74) is 8.08. The van der Waals surface area contributed by atoms with Crippen LogP contribution in [0.5, 0.6) is 0 Å². The summed E-state index contributed by atoms with van der Waals surface area (Å²) < 4.78 is 10.3. The summed E-state index contributed by atoms with van der Waals surface area (Å²) in [5.74, 6) is -2.29. The number of rotatable bonds is 8. The molecule has 0 aromatic heterocycles. The fourth-order valence-corrected chi connectivity index (χ4v) is 2.85. The SMILES string of the molecule is C[C@H](NC(=O)[C@H](C)NC(=O)N1CCOCC1)C(=O)NN(CC(N)=O)C(=O)OCc1ccccc1. The maximum absolute atomic E-state index is 12.5. The van der Waals surface area contributed by atoms with E-state index in [1.165, 1.54) is 18.7 Å². The highest BCUT2D eigenvalue weighted by atomic mass is 16.6. The van der Waals surface area contributed by atoms with Crippen LogP contribution in [-0.4, -0.2) is 84.7 Å². The van der Waals surface area contributed by atoms with Gasteiger partial charge in [0.2, 0.25) is 11.8 Å². The average Bonchev–Trinajstić information content (AvgIpc) is 2.82. The van der Waals surface area contributed by atoms with E-state index in [-0.39, 0.29) is 6.61 Å². The van der Waals surface area contributed by atoms with E-state index in [0.717, 1.165) is 0 Å². The van der Waals surface area contributed by atoms with E-state index in [1.54, 1.807) is 30.3 Å². The van der Waals surface area contributed by atoms with E-state index >= 15 is 0 Å². The highest BCUT2D eigenvalue weighted by molar-refractivity contribution is 5.92. The Hall–Kier alpha value is -3.87. The molecule has 2 rings (SSSR count). The molecule has 5 N–H and O–H groups in total. The Bertz CT molecular complexity index is 876. The predicted octanol–water partition coefficient (Wildman–Crippen LogP) is -0.923. The number of nitrogens with zero attached hydrogens (tertiary/aromatic N) is 2. The fraction of sp³-hybridized carbons (Fsp3) is 0.476. The van der Waals surface area contributed by atoms with Gasteiger partial charge in [-0.1, -0.05) is 30.3 Å². The number of amides is 6. The van der Waals surface area contributed by atoms with E-state index < -0.39 is 48.5 Å². The van der Waals surface area contributed by atoms with Crippen molar-refractivity contribution in [3.05, 3.63) is 35.9 Å². The summed E-state index contributed by atoms with van der Waals surface area (Å²) in [5, 5.41) is 5.62. The molecule has 34 heavy (non-hydrogen) atoms. The van der Waals surface area contributed by atoms with Gasteiger partial charge in [0.25, 0.3) is 5.91 Å². The number of hydrogen-bond acceptors (Lipinski definition) is 7. The van der Waals surface area contributed by atoms with Crippen molar-refractivity contribution in [2.75, 3.05) is 32.8 Å². The van der Waals surface area contributed by atoms with Gasteiger partial charge in [-0.15, -0.1) is 0 Å². The van der Waals surface area contributed by atoms with E-state index in [1.807, 2.05) is 0 Å². The van der Waals surface area contributed by atoms with E-state index in [0.29, 0.717) is 36.9 Å². The minimum absolute atomic E-state index is 0.0859.